The molecule has 0 amide bonds. The minimum atomic E-state index is -0.249. The van der Waals surface area contributed by atoms with E-state index in [0.29, 0.717) is 36.7 Å². The van der Waals surface area contributed by atoms with Crippen molar-refractivity contribution in [3.8, 4) is 16.9 Å². The summed E-state index contributed by atoms with van der Waals surface area (Å²) in [7, 11) is 0. The van der Waals surface area contributed by atoms with Gasteiger partial charge in [0, 0.05) is 47.7 Å². The maximum atomic E-state index is 14.4. The number of nitrogens with one attached hydrogen (secondary N) is 1. The van der Waals surface area contributed by atoms with Crippen molar-refractivity contribution < 1.29 is 9.13 Å². The van der Waals surface area contributed by atoms with Crippen LogP contribution < -0.4 is 10.1 Å². The third-order valence-corrected chi connectivity index (χ3v) is 5.44. The lowest BCUT2D eigenvalue weighted by Crippen LogP contribution is -2.10. The van der Waals surface area contributed by atoms with E-state index in [1.807, 2.05) is 19.9 Å². The number of ether oxygens (including phenoxy) is 1. The van der Waals surface area contributed by atoms with Crippen molar-refractivity contribution >= 4 is 11.6 Å². The van der Waals surface area contributed by atoms with Gasteiger partial charge in [-0.3, -0.25) is 9.38 Å². The Bertz CT molecular complexity index is 1240. The van der Waals surface area contributed by atoms with Gasteiger partial charge in [-0.2, -0.15) is 0 Å². The second kappa shape index (κ2) is 6.80. The third-order valence-electron chi connectivity index (χ3n) is 5.44. The Balaban J connectivity index is 1.52. The molecule has 146 valence electrons. The summed E-state index contributed by atoms with van der Waals surface area (Å²) in [4.78, 5) is 8.89. The molecule has 0 radical (unpaired) electrons. The molecule has 4 aromatic rings. The molecule has 5 rings (SSSR count). The summed E-state index contributed by atoms with van der Waals surface area (Å²) in [6, 6.07) is 5.08. The molecule has 0 saturated carbocycles. The van der Waals surface area contributed by atoms with E-state index in [4.69, 9.17) is 4.74 Å². The lowest BCUT2D eigenvalue weighted by Gasteiger charge is -2.13. The second-order valence-electron chi connectivity index (χ2n) is 7.04. The molecule has 0 spiro atoms. The van der Waals surface area contributed by atoms with Gasteiger partial charge >= 0.3 is 0 Å². The van der Waals surface area contributed by atoms with E-state index < -0.39 is 0 Å². The molecule has 1 aliphatic heterocycles. The SMILES string of the molecule is Cc1nccc(-c2cnc(NCc3c(F)ccc4c3CCO4)n3cnnc23)c1C. The lowest BCUT2D eigenvalue weighted by molar-refractivity contribution is 0.356. The summed E-state index contributed by atoms with van der Waals surface area (Å²) < 4.78 is 21.7. The Labute approximate surface area is 166 Å². The van der Waals surface area contributed by atoms with Crippen molar-refractivity contribution in [2.45, 2.75) is 26.8 Å². The summed E-state index contributed by atoms with van der Waals surface area (Å²) in [6.45, 7) is 4.88. The first-order valence-corrected chi connectivity index (χ1v) is 9.41. The fraction of sp³-hybridized carbons (Fsp3) is 0.238. The molecule has 3 aromatic heterocycles. The number of benzene rings is 1. The fourth-order valence-electron chi connectivity index (χ4n) is 3.75. The fourth-order valence-corrected chi connectivity index (χ4v) is 3.75. The highest BCUT2D eigenvalue weighted by Gasteiger charge is 2.20. The van der Waals surface area contributed by atoms with Gasteiger partial charge in [-0.05, 0) is 43.2 Å². The van der Waals surface area contributed by atoms with Crippen LogP contribution in [-0.2, 0) is 13.0 Å². The van der Waals surface area contributed by atoms with Gasteiger partial charge in [0.2, 0.25) is 5.95 Å². The number of rotatable bonds is 4. The first kappa shape index (κ1) is 17.5. The summed E-state index contributed by atoms with van der Waals surface area (Å²) >= 11 is 0. The van der Waals surface area contributed by atoms with Gasteiger partial charge in [-0.25, -0.2) is 9.37 Å². The highest BCUT2D eigenvalue weighted by Crippen LogP contribution is 2.31. The van der Waals surface area contributed by atoms with Gasteiger partial charge in [0.15, 0.2) is 5.65 Å². The van der Waals surface area contributed by atoms with Crippen LogP contribution >= 0.6 is 0 Å². The Morgan fingerprint density at radius 3 is 2.97 bits per heavy atom. The molecule has 0 saturated heterocycles. The number of fused-ring (bicyclic) bond motifs is 2. The molecule has 0 unspecified atom stereocenters. The molecule has 1 aromatic carbocycles. The van der Waals surface area contributed by atoms with Crippen molar-refractivity contribution in [2.75, 3.05) is 11.9 Å². The number of halogens is 1. The van der Waals surface area contributed by atoms with E-state index in [1.165, 1.54) is 6.07 Å². The number of anilines is 1. The summed E-state index contributed by atoms with van der Waals surface area (Å²) in [5.41, 5.74) is 6.11. The van der Waals surface area contributed by atoms with Crippen LogP contribution in [0.15, 0.2) is 36.9 Å². The molecule has 0 aliphatic carbocycles. The second-order valence-corrected chi connectivity index (χ2v) is 7.04. The van der Waals surface area contributed by atoms with E-state index in [9.17, 15) is 4.39 Å². The molecule has 0 bridgehead atoms. The predicted octanol–water partition coefficient (Wildman–Crippen LogP) is 3.49. The summed E-state index contributed by atoms with van der Waals surface area (Å²) in [6.07, 6.45) is 5.85. The Hall–Kier alpha value is -3.55. The van der Waals surface area contributed by atoms with E-state index in [2.05, 4.69) is 25.5 Å². The number of hydrogen-bond donors (Lipinski definition) is 1. The summed E-state index contributed by atoms with van der Waals surface area (Å²) in [5, 5.41) is 11.6. The molecular formula is C21H19FN6O. The predicted molar refractivity (Wildman–Crippen MR) is 106 cm³/mol. The van der Waals surface area contributed by atoms with Crippen LogP contribution in [0.25, 0.3) is 16.8 Å². The van der Waals surface area contributed by atoms with Gasteiger partial charge in [-0.1, -0.05) is 0 Å². The smallest absolute Gasteiger partial charge is 0.210 e. The minimum Gasteiger partial charge on any atom is -0.493 e. The maximum Gasteiger partial charge on any atom is 0.210 e. The number of aromatic nitrogens is 5. The van der Waals surface area contributed by atoms with Crippen LogP contribution in [0.1, 0.15) is 22.4 Å². The average molecular weight is 390 g/mol. The van der Waals surface area contributed by atoms with Gasteiger partial charge in [-0.15, -0.1) is 10.2 Å². The van der Waals surface area contributed by atoms with Crippen LogP contribution in [-0.4, -0.2) is 31.2 Å². The van der Waals surface area contributed by atoms with Gasteiger partial charge in [0.05, 0.1) is 6.61 Å². The quantitative estimate of drug-likeness (QED) is 0.575. The Morgan fingerprint density at radius 2 is 2.07 bits per heavy atom. The standard InChI is InChI=1S/C21H19FN6O/c1-12-13(2)23-7-5-14(12)17-10-25-21(28-11-26-27-20(17)28)24-9-16-15-6-8-29-19(15)4-3-18(16)22/h3-5,7,10-11H,6,8-9H2,1-2H3,(H,24,25). The first-order valence-electron chi connectivity index (χ1n) is 9.41. The maximum absolute atomic E-state index is 14.4. The highest BCUT2D eigenvalue weighted by atomic mass is 19.1. The minimum absolute atomic E-state index is 0.249. The zero-order valence-corrected chi connectivity index (χ0v) is 16.1. The molecule has 29 heavy (non-hydrogen) atoms. The van der Waals surface area contributed by atoms with Crippen LogP contribution in [0.4, 0.5) is 10.3 Å². The van der Waals surface area contributed by atoms with Gasteiger partial charge in [0.1, 0.15) is 17.9 Å². The highest BCUT2D eigenvalue weighted by molar-refractivity contribution is 5.79. The molecule has 0 fully saturated rings. The van der Waals surface area contributed by atoms with E-state index in [-0.39, 0.29) is 5.82 Å². The molecule has 0 atom stereocenters. The largest absolute Gasteiger partial charge is 0.493 e. The van der Waals surface area contributed by atoms with Crippen LogP contribution in [0.3, 0.4) is 0 Å². The van der Waals surface area contributed by atoms with E-state index >= 15 is 0 Å². The van der Waals surface area contributed by atoms with Crippen molar-refractivity contribution in [1.82, 2.24) is 24.6 Å². The van der Waals surface area contributed by atoms with Gasteiger partial charge < -0.3 is 10.1 Å². The van der Waals surface area contributed by atoms with Crippen molar-refractivity contribution in [3.05, 3.63) is 65.1 Å². The van der Waals surface area contributed by atoms with E-state index in [0.717, 1.165) is 33.7 Å². The number of aryl methyl sites for hydroxylation is 1. The third kappa shape index (κ3) is 2.88. The topological polar surface area (TPSA) is 77.2 Å². The summed E-state index contributed by atoms with van der Waals surface area (Å²) in [5.74, 6) is 1.05. The molecule has 1 N–H and O–H groups in total. The zero-order valence-electron chi connectivity index (χ0n) is 16.1. The van der Waals surface area contributed by atoms with Crippen molar-refractivity contribution in [2.24, 2.45) is 0 Å². The molecule has 7 nitrogen and oxygen atoms in total. The normalized spacial score (nSPS) is 12.8. The van der Waals surface area contributed by atoms with Crippen LogP contribution in [0.2, 0.25) is 0 Å². The lowest BCUT2D eigenvalue weighted by atomic mass is 10.0. The zero-order chi connectivity index (χ0) is 20.0. The Morgan fingerprint density at radius 1 is 1.17 bits per heavy atom. The molecule has 1 aliphatic rings. The van der Waals surface area contributed by atoms with E-state index in [1.54, 1.807) is 29.2 Å². The molecule has 4 heterocycles. The Kier molecular flexibility index (Phi) is 4.12. The number of nitrogens with zero attached hydrogens (tertiary/aromatic N) is 5. The molecular weight excluding hydrogens is 371 g/mol. The molecule has 8 heteroatoms. The van der Waals surface area contributed by atoms with Crippen LogP contribution in [0.5, 0.6) is 5.75 Å². The average Bonchev–Trinajstić information content (AvgIpc) is 3.39. The first-order chi connectivity index (χ1) is 14.1. The van der Waals surface area contributed by atoms with Crippen molar-refractivity contribution in [3.63, 3.8) is 0 Å². The van der Waals surface area contributed by atoms with Gasteiger partial charge in [0.25, 0.3) is 0 Å². The van der Waals surface area contributed by atoms with Crippen LogP contribution in [0, 0.1) is 19.7 Å². The number of pyridine rings is 1. The monoisotopic (exact) mass is 390 g/mol. The number of hydrogen-bond acceptors (Lipinski definition) is 6. The van der Waals surface area contributed by atoms with Crippen molar-refractivity contribution in [1.29, 1.82) is 0 Å².